The Labute approximate surface area is 102 Å². The summed E-state index contributed by atoms with van der Waals surface area (Å²) in [5.41, 5.74) is -0.243. The van der Waals surface area contributed by atoms with Gasteiger partial charge in [-0.2, -0.15) is 0 Å². The third-order valence-corrected chi connectivity index (χ3v) is 5.92. The quantitative estimate of drug-likeness (QED) is 0.635. The summed E-state index contributed by atoms with van der Waals surface area (Å²) in [4.78, 5) is 11.9. The minimum atomic E-state index is -3.67. The molecule has 1 aromatic rings. The first kappa shape index (κ1) is 13.3. The Kier molecular flexibility index (Phi) is 3.54. The summed E-state index contributed by atoms with van der Waals surface area (Å²) in [5, 5.41) is 0. The molecule has 0 aliphatic rings. The highest BCUT2D eigenvalue weighted by molar-refractivity contribution is 9.12. The number of sulfone groups is 1. The zero-order valence-electron chi connectivity index (χ0n) is 8.70. The molecule has 1 aromatic carbocycles. The van der Waals surface area contributed by atoms with Gasteiger partial charge >= 0.3 is 0 Å². The number of carbonyl (C=O) groups excluding carboxylic acids is 1. The van der Waals surface area contributed by atoms with Crippen molar-refractivity contribution in [3.05, 3.63) is 35.6 Å². The Morgan fingerprint density at radius 3 is 2.31 bits per heavy atom. The number of benzene rings is 1. The van der Waals surface area contributed by atoms with Gasteiger partial charge in [-0.1, -0.05) is 28.1 Å². The van der Waals surface area contributed by atoms with Crippen LogP contribution in [0.1, 0.15) is 17.3 Å². The summed E-state index contributed by atoms with van der Waals surface area (Å²) in [6.45, 7) is 1.19. The van der Waals surface area contributed by atoms with Crippen LogP contribution in [0.15, 0.2) is 24.3 Å². The van der Waals surface area contributed by atoms with Crippen molar-refractivity contribution in [2.45, 2.75) is 10.6 Å². The summed E-state index contributed by atoms with van der Waals surface area (Å²) in [6.07, 6.45) is 0.917. The topological polar surface area (TPSA) is 51.2 Å². The van der Waals surface area contributed by atoms with Crippen LogP contribution in [0.5, 0.6) is 0 Å². The van der Waals surface area contributed by atoms with Crippen LogP contribution in [0.3, 0.4) is 0 Å². The van der Waals surface area contributed by atoms with Gasteiger partial charge in [-0.15, -0.1) is 0 Å². The molecule has 88 valence electrons. The van der Waals surface area contributed by atoms with E-state index in [1.807, 2.05) is 0 Å². The van der Waals surface area contributed by atoms with E-state index in [2.05, 4.69) is 15.9 Å². The van der Waals surface area contributed by atoms with Gasteiger partial charge in [0, 0.05) is 6.26 Å². The Bertz CT molecular complexity index is 523. The van der Waals surface area contributed by atoms with Gasteiger partial charge in [-0.05, 0) is 19.1 Å². The highest BCUT2D eigenvalue weighted by Gasteiger charge is 2.42. The maximum Gasteiger partial charge on any atom is 0.197 e. The summed E-state index contributed by atoms with van der Waals surface area (Å²) in [7, 11) is -3.67. The lowest BCUT2D eigenvalue weighted by Crippen LogP contribution is -2.37. The van der Waals surface area contributed by atoms with E-state index in [1.165, 1.54) is 25.1 Å². The Morgan fingerprint density at radius 2 is 1.88 bits per heavy atom. The van der Waals surface area contributed by atoms with Crippen molar-refractivity contribution < 1.29 is 17.6 Å². The minimum Gasteiger partial charge on any atom is -0.291 e. The number of halogens is 2. The molecule has 0 aliphatic carbocycles. The predicted octanol–water partition coefficient (Wildman–Crippen LogP) is 2.16. The predicted molar refractivity (Wildman–Crippen MR) is 62.9 cm³/mol. The first-order valence-corrected chi connectivity index (χ1v) is 7.04. The smallest absolute Gasteiger partial charge is 0.197 e. The van der Waals surface area contributed by atoms with Crippen molar-refractivity contribution in [3.63, 3.8) is 0 Å². The Balaban J connectivity index is 3.29. The molecule has 0 fully saturated rings. The lowest BCUT2D eigenvalue weighted by Gasteiger charge is -2.18. The fraction of sp³-hybridized carbons (Fsp3) is 0.300. The van der Waals surface area contributed by atoms with Gasteiger partial charge in [0.2, 0.25) is 0 Å². The van der Waals surface area contributed by atoms with Crippen LogP contribution in [-0.2, 0) is 9.84 Å². The molecule has 1 rings (SSSR count). The summed E-state index contributed by atoms with van der Waals surface area (Å²) >= 11 is 2.83. The molecule has 0 unspecified atom stereocenters. The molecule has 0 saturated carbocycles. The van der Waals surface area contributed by atoms with Crippen LogP contribution in [0, 0.1) is 5.82 Å². The third kappa shape index (κ3) is 2.32. The maximum atomic E-state index is 13.3. The molecule has 6 heteroatoms. The van der Waals surface area contributed by atoms with Crippen molar-refractivity contribution in [1.82, 2.24) is 0 Å². The molecule has 0 radical (unpaired) electrons. The molecule has 0 amide bonds. The van der Waals surface area contributed by atoms with Crippen LogP contribution in [0.2, 0.25) is 0 Å². The first-order chi connectivity index (χ1) is 7.18. The van der Waals surface area contributed by atoms with Gasteiger partial charge in [0.1, 0.15) is 5.82 Å². The number of rotatable bonds is 3. The van der Waals surface area contributed by atoms with Gasteiger partial charge < -0.3 is 0 Å². The molecule has 3 nitrogen and oxygen atoms in total. The maximum absolute atomic E-state index is 13.3. The lowest BCUT2D eigenvalue weighted by atomic mass is 10.1. The molecule has 0 N–H and O–H groups in total. The van der Waals surface area contributed by atoms with E-state index < -0.39 is 25.1 Å². The molecule has 16 heavy (non-hydrogen) atoms. The number of hydrogen-bond acceptors (Lipinski definition) is 3. The van der Waals surface area contributed by atoms with Crippen molar-refractivity contribution >= 4 is 31.6 Å². The Morgan fingerprint density at radius 1 is 1.38 bits per heavy atom. The molecular formula is C10H10BrFO3S. The second-order valence-electron chi connectivity index (χ2n) is 3.50. The van der Waals surface area contributed by atoms with Gasteiger partial charge in [-0.3, -0.25) is 4.79 Å². The van der Waals surface area contributed by atoms with Gasteiger partial charge in [-0.25, -0.2) is 12.8 Å². The number of ketones is 1. The SMILES string of the molecule is C[C@@](Br)(C(=O)c1ccccc1F)S(C)(=O)=O. The number of alkyl halides is 1. The highest BCUT2D eigenvalue weighted by Crippen LogP contribution is 2.29. The van der Waals surface area contributed by atoms with Crippen LogP contribution in [0.4, 0.5) is 4.39 Å². The van der Waals surface area contributed by atoms with Gasteiger partial charge in [0.15, 0.2) is 19.3 Å². The van der Waals surface area contributed by atoms with E-state index in [4.69, 9.17) is 0 Å². The average Bonchev–Trinajstić information content (AvgIpc) is 2.15. The van der Waals surface area contributed by atoms with Crippen molar-refractivity contribution in [2.24, 2.45) is 0 Å². The molecule has 1 atom stereocenters. The second-order valence-corrected chi connectivity index (χ2v) is 7.97. The van der Waals surface area contributed by atoms with Crippen molar-refractivity contribution in [3.8, 4) is 0 Å². The second kappa shape index (κ2) is 4.25. The first-order valence-electron chi connectivity index (χ1n) is 4.36. The van der Waals surface area contributed by atoms with Gasteiger partial charge in [0.05, 0.1) is 5.56 Å². The number of hydrogen-bond donors (Lipinski definition) is 0. The molecule has 0 aliphatic heterocycles. The number of carbonyl (C=O) groups is 1. The van der Waals surface area contributed by atoms with Gasteiger partial charge in [0.25, 0.3) is 0 Å². The monoisotopic (exact) mass is 308 g/mol. The van der Waals surface area contributed by atoms with Crippen molar-refractivity contribution in [2.75, 3.05) is 6.26 Å². The molecule has 0 heterocycles. The van der Waals surface area contributed by atoms with E-state index in [1.54, 1.807) is 0 Å². The highest BCUT2D eigenvalue weighted by atomic mass is 79.9. The van der Waals surface area contributed by atoms with E-state index in [0.717, 1.165) is 12.3 Å². The third-order valence-electron chi connectivity index (χ3n) is 2.22. The van der Waals surface area contributed by atoms with Crippen LogP contribution in [-0.4, -0.2) is 24.1 Å². The molecule has 0 saturated heterocycles. The molecule has 0 spiro atoms. The fourth-order valence-corrected chi connectivity index (χ4v) is 1.71. The van der Waals surface area contributed by atoms with E-state index in [0.29, 0.717) is 0 Å². The molecular weight excluding hydrogens is 299 g/mol. The van der Waals surface area contributed by atoms with E-state index in [-0.39, 0.29) is 5.56 Å². The number of Topliss-reactive ketones (excluding diaryl/α,β-unsaturated/α-hetero) is 1. The lowest BCUT2D eigenvalue weighted by molar-refractivity contribution is 0.0979. The molecule has 0 aromatic heterocycles. The summed E-state index contributed by atoms with van der Waals surface area (Å²) in [6, 6.07) is 5.26. The van der Waals surface area contributed by atoms with E-state index >= 15 is 0 Å². The minimum absolute atomic E-state index is 0.243. The zero-order chi connectivity index (χ0) is 12.6. The van der Waals surface area contributed by atoms with Crippen LogP contribution < -0.4 is 0 Å². The zero-order valence-corrected chi connectivity index (χ0v) is 11.1. The summed E-state index contributed by atoms with van der Waals surface area (Å²) in [5.74, 6) is -1.55. The van der Waals surface area contributed by atoms with Crippen LogP contribution in [0.25, 0.3) is 0 Å². The Hall–Kier alpha value is -0.750. The standard InChI is InChI=1S/C10H10BrFO3S/c1-10(11,16(2,14)15)9(13)7-5-3-4-6-8(7)12/h3-6H,1-2H3/t10-/m0/s1. The van der Waals surface area contributed by atoms with Crippen LogP contribution >= 0.6 is 15.9 Å². The molecule has 0 bridgehead atoms. The summed E-state index contributed by atoms with van der Waals surface area (Å²) < 4.78 is 34.3. The van der Waals surface area contributed by atoms with Crippen molar-refractivity contribution in [1.29, 1.82) is 0 Å². The largest absolute Gasteiger partial charge is 0.291 e. The fourth-order valence-electron chi connectivity index (χ4n) is 1.05. The van der Waals surface area contributed by atoms with E-state index in [9.17, 15) is 17.6 Å². The average molecular weight is 309 g/mol. The normalized spacial score (nSPS) is 15.5.